The number of carbonyl (C=O) groups is 1. The van der Waals surface area contributed by atoms with Crippen molar-refractivity contribution in [1.82, 2.24) is 4.57 Å². The number of amides is 1. The maximum Gasteiger partial charge on any atom is 0.252 e. The van der Waals surface area contributed by atoms with E-state index < -0.39 is 0 Å². The first kappa shape index (κ1) is 17.7. The van der Waals surface area contributed by atoms with Gasteiger partial charge in [-0.25, -0.2) is 4.39 Å². The summed E-state index contributed by atoms with van der Waals surface area (Å²) in [4.78, 5) is 17.2. The third kappa shape index (κ3) is 3.58. The zero-order chi connectivity index (χ0) is 18.8. The van der Waals surface area contributed by atoms with Crippen LogP contribution in [0.15, 0.2) is 41.4 Å². The molecule has 0 aliphatic carbocycles. The fraction of sp³-hybridized carbons (Fsp3) is 0.263. The highest BCUT2D eigenvalue weighted by Crippen LogP contribution is 2.32. The number of ether oxygens (including phenoxy) is 3. The molecule has 0 saturated heterocycles. The molecule has 0 bridgehead atoms. The molecule has 1 aliphatic heterocycles. The van der Waals surface area contributed by atoms with Crippen molar-refractivity contribution in [2.24, 2.45) is 4.99 Å². The Labute approximate surface area is 158 Å². The summed E-state index contributed by atoms with van der Waals surface area (Å²) in [5.41, 5.74) is 1.22. The largest absolute Gasteiger partial charge is 0.454 e. The van der Waals surface area contributed by atoms with Crippen LogP contribution in [0.3, 0.4) is 0 Å². The van der Waals surface area contributed by atoms with Crippen LogP contribution in [0.2, 0.25) is 0 Å². The van der Waals surface area contributed by atoms with Gasteiger partial charge >= 0.3 is 0 Å². The molecule has 0 radical (unpaired) electrons. The van der Waals surface area contributed by atoms with Crippen molar-refractivity contribution in [1.29, 1.82) is 0 Å². The molecule has 4 rings (SSSR count). The Morgan fingerprint density at radius 2 is 2.15 bits per heavy atom. The normalized spacial score (nSPS) is 13.5. The fourth-order valence-corrected chi connectivity index (χ4v) is 4.02. The zero-order valence-corrected chi connectivity index (χ0v) is 15.4. The second-order valence-electron chi connectivity index (χ2n) is 5.99. The van der Waals surface area contributed by atoms with Gasteiger partial charge < -0.3 is 18.8 Å². The van der Waals surface area contributed by atoms with Crippen molar-refractivity contribution in [2.45, 2.75) is 13.0 Å². The van der Waals surface area contributed by atoms with Gasteiger partial charge in [-0.2, -0.15) is 4.99 Å². The molecule has 6 nitrogen and oxygen atoms in total. The van der Waals surface area contributed by atoms with Crippen LogP contribution >= 0.6 is 11.3 Å². The number of rotatable bonds is 5. The van der Waals surface area contributed by atoms with Crippen LogP contribution in [-0.2, 0) is 22.5 Å². The van der Waals surface area contributed by atoms with Crippen molar-refractivity contribution in [3.8, 4) is 11.5 Å². The van der Waals surface area contributed by atoms with Gasteiger partial charge in [-0.3, -0.25) is 4.79 Å². The highest BCUT2D eigenvalue weighted by molar-refractivity contribution is 7.16. The molecular formula is C19H17FN2O4S. The Morgan fingerprint density at radius 1 is 1.30 bits per heavy atom. The van der Waals surface area contributed by atoms with Crippen molar-refractivity contribution in [3.05, 3.63) is 52.6 Å². The lowest BCUT2D eigenvalue weighted by Gasteiger charge is -2.05. The number of thiazole rings is 1. The third-order valence-electron chi connectivity index (χ3n) is 4.18. The van der Waals surface area contributed by atoms with E-state index in [-0.39, 0.29) is 24.9 Å². The predicted molar refractivity (Wildman–Crippen MR) is 98.5 cm³/mol. The van der Waals surface area contributed by atoms with E-state index in [0.29, 0.717) is 35.0 Å². The summed E-state index contributed by atoms with van der Waals surface area (Å²) < 4.78 is 32.4. The minimum absolute atomic E-state index is 0.123. The monoisotopic (exact) mass is 388 g/mol. The molecule has 0 N–H and O–H groups in total. The van der Waals surface area contributed by atoms with E-state index in [4.69, 9.17) is 14.2 Å². The number of hydrogen-bond donors (Lipinski definition) is 0. The lowest BCUT2D eigenvalue weighted by atomic mass is 10.1. The molecule has 1 amide bonds. The quantitative estimate of drug-likeness (QED) is 0.674. The summed E-state index contributed by atoms with van der Waals surface area (Å²) in [7, 11) is 1.58. The van der Waals surface area contributed by atoms with Gasteiger partial charge in [-0.15, -0.1) is 0 Å². The van der Waals surface area contributed by atoms with Crippen LogP contribution in [0, 0.1) is 5.82 Å². The van der Waals surface area contributed by atoms with Crippen LogP contribution in [0.25, 0.3) is 10.2 Å². The van der Waals surface area contributed by atoms with E-state index in [2.05, 4.69) is 4.99 Å². The summed E-state index contributed by atoms with van der Waals surface area (Å²) in [6.07, 6.45) is 0.123. The molecule has 3 aromatic rings. The summed E-state index contributed by atoms with van der Waals surface area (Å²) in [6.45, 7) is 0.987. The van der Waals surface area contributed by atoms with E-state index in [1.54, 1.807) is 29.9 Å². The molecule has 0 fully saturated rings. The van der Waals surface area contributed by atoms with Gasteiger partial charge in [0.25, 0.3) is 5.91 Å². The van der Waals surface area contributed by atoms with E-state index in [1.165, 1.54) is 17.4 Å². The van der Waals surface area contributed by atoms with Crippen molar-refractivity contribution >= 4 is 27.5 Å². The van der Waals surface area contributed by atoms with E-state index in [1.807, 2.05) is 12.1 Å². The van der Waals surface area contributed by atoms with E-state index in [9.17, 15) is 9.18 Å². The first-order valence-corrected chi connectivity index (χ1v) is 9.20. The number of methoxy groups -OCH3 is 1. The third-order valence-corrected chi connectivity index (χ3v) is 5.23. The van der Waals surface area contributed by atoms with E-state index >= 15 is 0 Å². The Bertz CT molecular complexity index is 1070. The van der Waals surface area contributed by atoms with Gasteiger partial charge in [0.15, 0.2) is 16.3 Å². The summed E-state index contributed by atoms with van der Waals surface area (Å²) in [5, 5.41) is 0. The summed E-state index contributed by atoms with van der Waals surface area (Å²) >= 11 is 1.28. The smallest absolute Gasteiger partial charge is 0.252 e. The van der Waals surface area contributed by atoms with Crippen LogP contribution in [0.5, 0.6) is 11.5 Å². The number of para-hydroxylation sites is 1. The van der Waals surface area contributed by atoms with Gasteiger partial charge in [0, 0.05) is 13.7 Å². The van der Waals surface area contributed by atoms with Gasteiger partial charge in [0.2, 0.25) is 6.79 Å². The highest BCUT2D eigenvalue weighted by Gasteiger charge is 2.15. The molecule has 0 atom stereocenters. The average molecular weight is 388 g/mol. The lowest BCUT2D eigenvalue weighted by molar-refractivity contribution is -0.117. The average Bonchev–Trinajstić information content (AvgIpc) is 3.24. The number of halogens is 1. The first-order chi connectivity index (χ1) is 13.2. The number of hydrogen-bond acceptors (Lipinski definition) is 5. The van der Waals surface area contributed by atoms with Crippen LogP contribution in [0.4, 0.5) is 4.39 Å². The second-order valence-corrected chi connectivity index (χ2v) is 6.99. The number of nitrogens with zero attached hydrogens (tertiary/aromatic N) is 2. The Kier molecular flexibility index (Phi) is 4.91. The number of carbonyl (C=O) groups excluding carboxylic acids is 1. The zero-order valence-electron chi connectivity index (χ0n) is 14.6. The summed E-state index contributed by atoms with van der Waals surface area (Å²) in [6, 6.07) is 10.2. The molecular weight excluding hydrogens is 371 g/mol. The molecule has 140 valence electrons. The Balaban J connectivity index is 1.67. The van der Waals surface area contributed by atoms with Gasteiger partial charge in [-0.1, -0.05) is 23.5 Å². The molecule has 27 heavy (non-hydrogen) atoms. The molecule has 1 aliphatic rings. The minimum atomic E-state index is -0.343. The van der Waals surface area contributed by atoms with Crippen LogP contribution in [-0.4, -0.2) is 31.0 Å². The lowest BCUT2D eigenvalue weighted by Crippen LogP contribution is -2.20. The van der Waals surface area contributed by atoms with Crippen molar-refractivity contribution in [2.75, 3.05) is 20.5 Å². The van der Waals surface area contributed by atoms with Crippen molar-refractivity contribution < 1.29 is 23.4 Å². The fourth-order valence-electron chi connectivity index (χ4n) is 2.93. The number of fused-ring (bicyclic) bond motifs is 2. The molecule has 0 saturated carbocycles. The maximum atomic E-state index is 14.3. The first-order valence-electron chi connectivity index (χ1n) is 8.38. The molecule has 2 aromatic carbocycles. The number of aromatic nitrogens is 1. The van der Waals surface area contributed by atoms with Gasteiger partial charge in [0.05, 0.1) is 23.2 Å². The molecule has 2 heterocycles. The Hall–Kier alpha value is -2.71. The molecule has 0 unspecified atom stereocenters. The second kappa shape index (κ2) is 7.50. The maximum absolute atomic E-state index is 14.3. The summed E-state index contributed by atoms with van der Waals surface area (Å²) in [5.74, 6) is 0.636. The van der Waals surface area contributed by atoms with Crippen LogP contribution < -0.4 is 14.3 Å². The van der Waals surface area contributed by atoms with Crippen molar-refractivity contribution in [3.63, 3.8) is 0 Å². The van der Waals surface area contributed by atoms with Gasteiger partial charge in [-0.05, 0) is 29.8 Å². The standard InChI is InChI=1S/C19H17FN2O4S/c1-24-8-7-22-18-13(20)3-2-4-16(18)27-19(22)21-17(23)10-12-5-6-14-15(9-12)26-11-25-14/h2-6,9H,7-8,10-11H2,1H3. The topological polar surface area (TPSA) is 62.1 Å². The number of benzene rings is 2. The van der Waals surface area contributed by atoms with Gasteiger partial charge in [0.1, 0.15) is 5.82 Å². The highest BCUT2D eigenvalue weighted by atomic mass is 32.1. The van der Waals surface area contributed by atoms with E-state index in [0.717, 1.165) is 10.3 Å². The SMILES string of the molecule is COCCn1c(=NC(=O)Cc2ccc3c(c2)OCO3)sc2cccc(F)c21. The molecule has 0 spiro atoms. The van der Waals surface area contributed by atoms with Crippen LogP contribution in [0.1, 0.15) is 5.56 Å². The Morgan fingerprint density at radius 3 is 3.00 bits per heavy atom. The molecule has 1 aromatic heterocycles. The predicted octanol–water partition coefficient (Wildman–Crippen LogP) is 2.89. The minimum Gasteiger partial charge on any atom is -0.454 e. The molecule has 8 heteroatoms.